The van der Waals surface area contributed by atoms with Gasteiger partial charge in [-0.05, 0) is 25.1 Å². The zero-order valence-electron chi connectivity index (χ0n) is 14.4. The summed E-state index contributed by atoms with van der Waals surface area (Å²) < 4.78 is 5.56. The molecule has 0 aromatic heterocycles. The maximum Gasteiger partial charge on any atom is 0.244 e. The fraction of sp³-hybridized carbons (Fsp3) is 0.529. The lowest BCUT2D eigenvalue weighted by Gasteiger charge is -2.25. The Morgan fingerprint density at radius 1 is 1.35 bits per heavy atom. The second-order valence-electron chi connectivity index (χ2n) is 6.51. The predicted octanol–water partition coefficient (Wildman–Crippen LogP) is 2.73. The van der Waals surface area contributed by atoms with Crippen LogP contribution in [0, 0.1) is 5.41 Å². The van der Waals surface area contributed by atoms with Crippen LogP contribution in [0.5, 0.6) is 5.75 Å². The Balaban J connectivity index is 2.43. The van der Waals surface area contributed by atoms with Gasteiger partial charge in [-0.1, -0.05) is 38.4 Å². The van der Waals surface area contributed by atoms with E-state index < -0.39 is 11.5 Å². The zero-order valence-corrected chi connectivity index (χ0v) is 15.1. The van der Waals surface area contributed by atoms with Crippen molar-refractivity contribution >= 4 is 23.4 Å². The molecular weight excluding hydrogens is 316 g/mol. The summed E-state index contributed by atoms with van der Waals surface area (Å²) in [4.78, 5) is 25.7. The Bertz CT molecular complexity index is 555. The number of carbonyl (C=O) groups excluding carboxylic acids is 2. The van der Waals surface area contributed by atoms with Gasteiger partial charge >= 0.3 is 0 Å². The number of nitrogens with one attached hydrogen (secondary N) is 1. The minimum atomic E-state index is -0.571. The number of halogens is 1. The van der Waals surface area contributed by atoms with Crippen molar-refractivity contribution in [3.05, 3.63) is 29.3 Å². The third-order valence-corrected chi connectivity index (χ3v) is 3.50. The minimum absolute atomic E-state index is 0.151. The average Bonchev–Trinajstić information content (AvgIpc) is 2.45. The number of likely N-dealkylation sites (N-methyl/N-ethyl adjacent to an activating group) is 1. The molecule has 1 atom stereocenters. The van der Waals surface area contributed by atoms with Gasteiger partial charge < -0.3 is 15.0 Å². The molecule has 1 aromatic rings. The molecule has 0 saturated heterocycles. The number of ether oxygens (including phenoxy) is 1. The predicted molar refractivity (Wildman–Crippen MR) is 91.6 cm³/mol. The summed E-state index contributed by atoms with van der Waals surface area (Å²) in [5, 5.41) is 3.33. The van der Waals surface area contributed by atoms with Gasteiger partial charge in [0.05, 0.1) is 6.54 Å². The molecule has 0 aliphatic carbocycles. The number of rotatable bonds is 6. The van der Waals surface area contributed by atoms with Crippen LogP contribution in [-0.4, -0.2) is 43.0 Å². The third kappa shape index (κ3) is 6.48. The van der Waals surface area contributed by atoms with Gasteiger partial charge in [-0.2, -0.15) is 0 Å². The quantitative estimate of drug-likeness (QED) is 0.866. The Morgan fingerprint density at radius 3 is 2.57 bits per heavy atom. The molecule has 1 rings (SSSR count). The van der Waals surface area contributed by atoms with E-state index in [9.17, 15) is 9.59 Å². The molecule has 0 fully saturated rings. The van der Waals surface area contributed by atoms with E-state index in [0.717, 1.165) is 0 Å². The van der Waals surface area contributed by atoms with Crippen molar-refractivity contribution in [1.82, 2.24) is 10.2 Å². The first kappa shape index (κ1) is 19.3. The molecule has 0 aliphatic rings. The highest BCUT2D eigenvalue weighted by molar-refractivity contribution is 6.30. The fourth-order valence-electron chi connectivity index (χ4n) is 1.77. The van der Waals surface area contributed by atoms with Crippen molar-refractivity contribution in [1.29, 1.82) is 0 Å². The molecule has 6 heteroatoms. The largest absolute Gasteiger partial charge is 0.492 e. The van der Waals surface area contributed by atoms with E-state index in [2.05, 4.69) is 5.32 Å². The van der Waals surface area contributed by atoms with Crippen LogP contribution in [0.1, 0.15) is 27.7 Å². The molecule has 1 aromatic carbocycles. The van der Waals surface area contributed by atoms with E-state index >= 15 is 0 Å². The average molecular weight is 341 g/mol. The molecule has 2 amide bonds. The number of hydrogen-bond donors (Lipinski definition) is 1. The number of benzene rings is 1. The summed E-state index contributed by atoms with van der Waals surface area (Å²) in [6.45, 7) is 7.87. The molecule has 5 nitrogen and oxygen atoms in total. The van der Waals surface area contributed by atoms with E-state index in [1.807, 2.05) is 20.8 Å². The van der Waals surface area contributed by atoms with Crippen molar-refractivity contribution in [2.45, 2.75) is 33.7 Å². The Hall–Kier alpha value is -1.75. The molecule has 0 unspecified atom stereocenters. The molecule has 128 valence electrons. The summed E-state index contributed by atoms with van der Waals surface area (Å²) in [6, 6.07) is 6.52. The van der Waals surface area contributed by atoms with Gasteiger partial charge in [-0.3, -0.25) is 9.59 Å². The highest BCUT2D eigenvalue weighted by atomic mass is 35.5. The Kier molecular flexibility index (Phi) is 6.88. The van der Waals surface area contributed by atoms with Crippen LogP contribution in [0.15, 0.2) is 24.3 Å². The summed E-state index contributed by atoms with van der Waals surface area (Å²) in [5.74, 6) is 0.353. The maximum atomic E-state index is 12.2. The van der Waals surface area contributed by atoms with Crippen LogP contribution in [0.3, 0.4) is 0 Å². The highest BCUT2D eigenvalue weighted by Crippen LogP contribution is 2.17. The van der Waals surface area contributed by atoms with Crippen LogP contribution in [0.2, 0.25) is 5.02 Å². The molecule has 0 bridgehead atoms. The molecule has 0 heterocycles. The summed E-state index contributed by atoms with van der Waals surface area (Å²) >= 11 is 5.88. The first-order chi connectivity index (χ1) is 10.6. The van der Waals surface area contributed by atoms with Crippen LogP contribution >= 0.6 is 11.6 Å². The van der Waals surface area contributed by atoms with Gasteiger partial charge in [0.25, 0.3) is 0 Å². The summed E-state index contributed by atoms with van der Waals surface area (Å²) in [5.41, 5.74) is -0.525. The molecular formula is C17H25ClN2O3. The van der Waals surface area contributed by atoms with E-state index in [1.54, 1.807) is 38.2 Å². The van der Waals surface area contributed by atoms with Crippen molar-refractivity contribution in [2.75, 3.05) is 20.2 Å². The second kappa shape index (κ2) is 8.20. The van der Waals surface area contributed by atoms with Gasteiger partial charge in [0.15, 0.2) is 0 Å². The molecule has 0 radical (unpaired) electrons. The van der Waals surface area contributed by atoms with Gasteiger partial charge in [0, 0.05) is 17.5 Å². The number of amides is 2. The van der Waals surface area contributed by atoms with Crippen molar-refractivity contribution in [2.24, 2.45) is 5.41 Å². The smallest absolute Gasteiger partial charge is 0.244 e. The third-order valence-electron chi connectivity index (χ3n) is 3.27. The van der Waals surface area contributed by atoms with Gasteiger partial charge in [-0.25, -0.2) is 0 Å². The van der Waals surface area contributed by atoms with E-state index in [1.165, 1.54) is 4.90 Å². The molecule has 0 aliphatic heterocycles. The van der Waals surface area contributed by atoms with Gasteiger partial charge in [0.1, 0.15) is 18.4 Å². The lowest BCUT2D eigenvalue weighted by atomic mass is 9.95. The van der Waals surface area contributed by atoms with E-state index in [-0.39, 0.29) is 11.8 Å². The van der Waals surface area contributed by atoms with Crippen LogP contribution in [0.4, 0.5) is 0 Å². The lowest BCUT2D eigenvalue weighted by molar-refractivity contribution is -0.137. The normalized spacial score (nSPS) is 12.4. The number of carbonyl (C=O) groups is 2. The van der Waals surface area contributed by atoms with Gasteiger partial charge in [0.2, 0.25) is 11.8 Å². The molecule has 23 heavy (non-hydrogen) atoms. The standard InChI is InChI=1S/C17H25ClN2O3/c1-12(19-16(22)17(2,3)4)15(21)20(5)9-10-23-14-8-6-7-13(18)11-14/h6-8,11-12H,9-10H2,1-5H3,(H,19,22)/t12-/m1/s1. The van der Waals surface area contributed by atoms with Crippen LogP contribution < -0.4 is 10.1 Å². The Labute approximate surface area is 142 Å². The van der Waals surface area contributed by atoms with E-state index in [0.29, 0.717) is 23.9 Å². The van der Waals surface area contributed by atoms with Crippen molar-refractivity contribution < 1.29 is 14.3 Å². The first-order valence-corrected chi connectivity index (χ1v) is 7.93. The highest BCUT2D eigenvalue weighted by Gasteiger charge is 2.26. The molecule has 1 N–H and O–H groups in total. The topological polar surface area (TPSA) is 58.6 Å². The monoisotopic (exact) mass is 340 g/mol. The summed E-state index contributed by atoms with van der Waals surface area (Å²) in [6.07, 6.45) is 0. The van der Waals surface area contributed by atoms with Gasteiger partial charge in [-0.15, -0.1) is 0 Å². The van der Waals surface area contributed by atoms with Crippen LogP contribution in [-0.2, 0) is 9.59 Å². The number of nitrogens with zero attached hydrogens (tertiary/aromatic N) is 1. The van der Waals surface area contributed by atoms with Crippen molar-refractivity contribution in [3.63, 3.8) is 0 Å². The zero-order chi connectivity index (χ0) is 17.6. The van der Waals surface area contributed by atoms with E-state index in [4.69, 9.17) is 16.3 Å². The minimum Gasteiger partial charge on any atom is -0.492 e. The number of hydrogen-bond acceptors (Lipinski definition) is 3. The SMILES string of the molecule is C[C@@H](NC(=O)C(C)(C)C)C(=O)N(C)CCOc1cccc(Cl)c1. The van der Waals surface area contributed by atoms with Crippen LogP contribution in [0.25, 0.3) is 0 Å². The first-order valence-electron chi connectivity index (χ1n) is 7.55. The molecule has 0 saturated carbocycles. The maximum absolute atomic E-state index is 12.2. The molecule has 0 spiro atoms. The summed E-state index contributed by atoms with van der Waals surface area (Å²) in [7, 11) is 1.68. The second-order valence-corrected chi connectivity index (χ2v) is 6.95. The fourth-order valence-corrected chi connectivity index (χ4v) is 1.95. The Morgan fingerprint density at radius 2 is 2.00 bits per heavy atom. The lowest BCUT2D eigenvalue weighted by Crippen LogP contribution is -2.49. The van der Waals surface area contributed by atoms with Crippen molar-refractivity contribution in [3.8, 4) is 5.75 Å².